The summed E-state index contributed by atoms with van der Waals surface area (Å²) < 4.78 is 32.5. The van der Waals surface area contributed by atoms with Gasteiger partial charge in [0.25, 0.3) is 0 Å². The van der Waals surface area contributed by atoms with E-state index in [9.17, 15) is 13.2 Å². The molecule has 1 fully saturated rings. The van der Waals surface area contributed by atoms with E-state index in [2.05, 4.69) is 4.72 Å². The van der Waals surface area contributed by atoms with Gasteiger partial charge in [-0.1, -0.05) is 37.3 Å². The first-order valence-electron chi connectivity index (χ1n) is 10.4. The molecule has 1 heterocycles. The Kier molecular flexibility index (Phi) is 7.50. The van der Waals surface area contributed by atoms with Crippen molar-refractivity contribution >= 4 is 15.9 Å². The van der Waals surface area contributed by atoms with Crippen molar-refractivity contribution in [3.63, 3.8) is 0 Å². The highest BCUT2D eigenvalue weighted by atomic mass is 32.2. The van der Waals surface area contributed by atoms with E-state index in [0.29, 0.717) is 31.6 Å². The fourth-order valence-electron chi connectivity index (χ4n) is 3.99. The Morgan fingerprint density at radius 2 is 1.87 bits per heavy atom. The fraction of sp³-hybridized carbons (Fsp3) is 0.435. The van der Waals surface area contributed by atoms with Crippen LogP contribution in [-0.2, 0) is 21.2 Å². The molecule has 0 aromatic heterocycles. The summed E-state index contributed by atoms with van der Waals surface area (Å²) in [4.78, 5) is 14.6. The summed E-state index contributed by atoms with van der Waals surface area (Å²) in [6.45, 7) is 2.64. The van der Waals surface area contributed by atoms with Crippen molar-refractivity contribution in [2.24, 2.45) is 0 Å². The van der Waals surface area contributed by atoms with Crippen molar-refractivity contribution in [2.45, 2.75) is 51.1 Å². The number of carbonyl (C=O) groups excluding carboxylic acids is 1. The lowest BCUT2D eigenvalue weighted by atomic mass is 9.91. The van der Waals surface area contributed by atoms with Crippen molar-refractivity contribution in [2.75, 3.05) is 12.8 Å². The summed E-state index contributed by atoms with van der Waals surface area (Å²) in [6, 6.07) is 16.8. The van der Waals surface area contributed by atoms with Crippen LogP contribution >= 0.6 is 0 Å². The summed E-state index contributed by atoms with van der Waals surface area (Å²) in [5.74, 6) is 1.55. The van der Waals surface area contributed by atoms with Gasteiger partial charge in [-0.25, -0.2) is 13.1 Å². The summed E-state index contributed by atoms with van der Waals surface area (Å²) in [5, 5.41) is 0. The number of hydrogen-bond acceptors (Lipinski definition) is 4. The SMILES string of the molecule is CCCC(=O)N1CCCC(NS(C)(=O)=O)C1Cc1cccc(Oc2ccccc2)c1. The number of para-hydroxylation sites is 1. The van der Waals surface area contributed by atoms with E-state index in [4.69, 9.17) is 4.74 Å². The fourth-order valence-corrected chi connectivity index (χ4v) is 4.82. The average Bonchev–Trinajstić information content (AvgIpc) is 2.69. The van der Waals surface area contributed by atoms with Gasteiger partial charge in [0, 0.05) is 19.0 Å². The number of nitrogens with one attached hydrogen (secondary N) is 1. The van der Waals surface area contributed by atoms with E-state index >= 15 is 0 Å². The van der Waals surface area contributed by atoms with Crippen molar-refractivity contribution in [1.82, 2.24) is 9.62 Å². The van der Waals surface area contributed by atoms with E-state index in [0.717, 1.165) is 24.2 Å². The second-order valence-corrected chi connectivity index (χ2v) is 9.59. The molecule has 1 amide bonds. The van der Waals surface area contributed by atoms with Gasteiger partial charge in [-0.05, 0) is 55.5 Å². The van der Waals surface area contributed by atoms with Crippen LogP contribution in [0.2, 0.25) is 0 Å². The molecule has 7 heteroatoms. The Morgan fingerprint density at radius 1 is 1.13 bits per heavy atom. The quantitative estimate of drug-likeness (QED) is 0.692. The van der Waals surface area contributed by atoms with Crippen molar-refractivity contribution < 1.29 is 17.9 Å². The summed E-state index contributed by atoms with van der Waals surface area (Å²) in [5.41, 5.74) is 1.00. The average molecular weight is 431 g/mol. The summed E-state index contributed by atoms with van der Waals surface area (Å²) >= 11 is 0. The van der Waals surface area contributed by atoms with Crippen LogP contribution in [0.4, 0.5) is 0 Å². The maximum absolute atomic E-state index is 12.7. The number of benzene rings is 2. The molecule has 0 aliphatic carbocycles. The van der Waals surface area contributed by atoms with E-state index in [1.165, 1.54) is 6.26 Å². The molecule has 1 N–H and O–H groups in total. The Bertz CT molecular complexity index is 947. The van der Waals surface area contributed by atoms with Gasteiger partial charge in [-0.3, -0.25) is 4.79 Å². The lowest BCUT2D eigenvalue weighted by Crippen LogP contribution is -2.57. The Balaban J connectivity index is 1.83. The highest BCUT2D eigenvalue weighted by Crippen LogP contribution is 2.26. The monoisotopic (exact) mass is 430 g/mol. The molecule has 1 aliphatic rings. The standard InChI is InChI=1S/C23H30N2O4S/c1-3-9-23(26)25-15-8-14-21(24-30(2,27)28)22(25)17-18-10-7-13-20(16-18)29-19-11-5-4-6-12-19/h4-7,10-13,16,21-22,24H,3,8-9,14-15,17H2,1-2H3. The summed E-state index contributed by atoms with van der Waals surface area (Å²) in [6.07, 6.45) is 4.48. The molecule has 3 rings (SSSR count). The largest absolute Gasteiger partial charge is 0.457 e. The number of amides is 1. The lowest BCUT2D eigenvalue weighted by Gasteiger charge is -2.41. The molecule has 1 aliphatic heterocycles. The first-order chi connectivity index (χ1) is 14.4. The molecular weight excluding hydrogens is 400 g/mol. The predicted octanol–water partition coefficient (Wildman–Crippen LogP) is 3.73. The molecular formula is C23H30N2O4S. The molecule has 162 valence electrons. The van der Waals surface area contributed by atoms with E-state index < -0.39 is 10.0 Å². The Labute approximate surface area is 179 Å². The zero-order valence-electron chi connectivity index (χ0n) is 17.6. The zero-order chi connectivity index (χ0) is 21.6. The molecule has 2 aromatic carbocycles. The van der Waals surface area contributed by atoms with Crippen LogP contribution in [-0.4, -0.2) is 44.1 Å². The molecule has 0 saturated carbocycles. The number of piperidine rings is 1. The number of ether oxygens (including phenoxy) is 1. The van der Waals surface area contributed by atoms with Crippen LogP contribution in [0.3, 0.4) is 0 Å². The molecule has 1 saturated heterocycles. The van der Waals surface area contributed by atoms with Crippen LogP contribution in [0.5, 0.6) is 11.5 Å². The minimum Gasteiger partial charge on any atom is -0.457 e. The van der Waals surface area contributed by atoms with Crippen LogP contribution in [0.1, 0.15) is 38.2 Å². The smallest absolute Gasteiger partial charge is 0.222 e. The van der Waals surface area contributed by atoms with Gasteiger partial charge >= 0.3 is 0 Å². The Morgan fingerprint density at radius 3 is 2.57 bits per heavy atom. The predicted molar refractivity (Wildman–Crippen MR) is 118 cm³/mol. The van der Waals surface area contributed by atoms with Gasteiger partial charge in [0.2, 0.25) is 15.9 Å². The minimum absolute atomic E-state index is 0.0826. The lowest BCUT2D eigenvalue weighted by molar-refractivity contribution is -0.135. The second kappa shape index (κ2) is 10.1. The number of nitrogens with zero attached hydrogens (tertiary/aromatic N) is 1. The molecule has 30 heavy (non-hydrogen) atoms. The maximum Gasteiger partial charge on any atom is 0.222 e. The highest BCUT2D eigenvalue weighted by Gasteiger charge is 2.35. The molecule has 0 bridgehead atoms. The zero-order valence-corrected chi connectivity index (χ0v) is 18.4. The topological polar surface area (TPSA) is 75.7 Å². The van der Waals surface area contributed by atoms with Crippen molar-refractivity contribution in [3.05, 3.63) is 60.2 Å². The molecule has 6 nitrogen and oxygen atoms in total. The van der Waals surface area contributed by atoms with Gasteiger partial charge in [0.1, 0.15) is 11.5 Å². The van der Waals surface area contributed by atoms with Gasteiger partial charge in [0.05, 0.1) is 12.3 Å². The number of hydrogen-bond donors (Lipinski definition) is 1. The number of sulfonamides is 1. The maximum atomic E-state index is 12.7. The van der Waals surface area contributed by atoms with E-state index in [1.807, 2.05) is 66.4 Å². The highest BCUT2D eigenvalue weighted by molar-refractivity contribution is 7.88. The normalized spacial score (nSPS) is 19.5. The van der Waals surface area contributed by atoms with Crippen molar-refractivity contribution in [1.29, 1.82) is 0 Å². The van der Waals surface area contributed by atoms with Crippen LogP contribution in [0.25, 0.3) is 0 Å². The number of rotatable bonds is 8. The van der Waals surface area contributed by atoms with E-state index in [-0.39, 0.29) is 18.0 Å². The number of carbonyl (C=O) groups is 1. The molecule has 0 spiro atoms. The minimum atomic E-state index is -3.37. The third-order valence-corrected chi connectivity index (χ3v) is 5.98. The van der Waals surface area contributed by atoms with Gasteiger partial charge in [0.15, 0.2) is 0 Å². The van der Waals surface area contributed by atoms with E-state index in [1.54, 1.807) is 0 Å². The second-order valence-electron chi connectivity index (χ2n) is 7.81. The third-order valence-electron chi connectivity index (χ3n) is 5.25. The van der Waals surface area contributed by atoms with Crippen molar-refractivity contribution in [3.8, 4) is 11.5 Å². The van der Waals surface area contributed by atoms with Gasteiger partial charge in [-0.15, -0.1) is 0 Å². The van der Waals surface area contributed by atoms with Crippen LogP contribution in [0.15, 0.2) is 54.6 Å². The van der Waals surface area contributed by atoms with Crippen LogP contribution < -0.4 is 9.46 Å². The molecule has 2 unspecified atom stereocenters. The number of likely N-dealkylation sites (tertiary alicyclic amines) is 1. The molecule has 2 aromatic rings. The third kappa shape index (κ3) is 6.31. The first-order valence-corrected chi connectivity index (χ1v) is 12.3. The Hall–Kier alpha value is -2.38. The van der Waals surface area contributed by atoms with Crippen LogP contribution in [0, 0.1) is 0 Å². The van der Waals surface area contributed by atoms with Gasteiger partial charge in [-0.2, -0.15) is 0 Å². The molecule has 2 atom stereocenters. The van der Waals surface area contributed by atoms with Gasteiger partial charge < -0.3 is 9.64 Å². The summed E-state index contributed by atoms with van der Waals surface area (Å²) in [7, 11) is -3.37. The molecule has 0 radical (unpaired) electrons. The first kappa shape index (κ1) is 22.3.